The maximum absolute atomic E-state index is 4.03. The van der Waals surface area contributed by atoms with Crippen molar-refractivity contribution in [2.24, 2.45) is 0 Å². The Hall–Kier alpha value is -0.160. The van der Waals surface area contributed by atoms with Crippen molar-refractivity contribution in [3.05, 3.63) is 5.82 Å². The molecule has 0 aliphatic rings. The molecule has 0 fully saturated rings. The van der Waals surface area contributed by atoms with Crippen molar-refractivity contribution in [3.63, 3.8) is 0 Å². The summed E-state index contributed by atoms with van der Waals surface area (Å²) in [5.41, 5.74) is 0. The molecule has 5 heteroatoms. The zero-order valence-corrected chi connectivity index (χ0v) is 6.49. The molecule has 1 N–H and O–H groups in total. The van der Waals surface area contributed by atoms with Gasteiger partial charge < -0.3 is 4.98 Å². The van der Waals surface area contributed by atoms with E-state index in [0.29, 0.717) is 5.16 Å². The van der Waals surface area contributed by atoms with Crippen LogP contribution in [0.2, 0.25) is 0 Å². The van der Waals surface area contributed by atoms with Gasteiger partial charge in [-0.05, 0) is 5.75 Å². The van der Waals surface area contributed by atoms with Crippen molar-refractivity contribution < 1.29 is 0 Å². The number of thiol groups is 2. The summed E-state index contributed by atoms with van der Waals surface area (Å²) in [4.78, 5) is 2.87. The number of aromatic amines is 1. The first-order chi connectivity index (χ1) is 4.33. The van der Waals surface area contributed by atoms with E-state index in [1.54, 1.807) is 0 Å². The number of aromatic nitrogens is 3. The Morgan fingerprint density at radius 2 is 2.22 bits per heavy atom. The zero-order chi connectivity index (χ0) is 6.69. The van der Waals surface area contributed by atoms with Crippen LogP contribution in [0.5, 0.6) is 0 Å². The molecule has 0 atom stereocenters. The predicted molar refractivity (Wildman–Crippen MR) is 41.2 cm³/mol. The first-order valence-corrected chi connectivity index (χ1v) is 3.62. The van der Waals surface area contributed by atoms with Gasteiger partial charge in [0.05, 0.1) is 0 Å². The predicted octanol–water partition coefficient (Wildman–Crippen LogP) is 0.566. The van der Waals surface area contributed by atoms with Crippen LogP contribution < -0.4 is 0 Å². The van der Waals surface area contributed by atoms with Crippen LogP contribution in [-0.4, -0.2) is 20.9 Å². The van der Waals surface area contributed by atoms with E-state index in [2.05, 4.69) is 40.4 Å². The molecule has 0 unspecified atom stereocenters. The van der Waals surface area contributed by atoms with Gasteiger partial charge in [-0.3, -0.25) is 0 Å². The molecule has 0 radical (unpaired) electrons. The third-order valence-electron chi connectivity index (χ3n) is 0.870. The maximum Gasteiger partial charge on any atom is 0.185 e. The molecule has 3 nitrogen and oxygen atoms in total. The molecular weight excluding hydrogens is 154 g/mol. The molecule has 0 saturated heterocycles. The third kappa shape index (κ3) is 1.91. The lowest BCUT2D eigenvalue weighted by Crippen LogP contribution is -1.87. The van der Waals surface area contributed by atoms with Crippen LogP contribution in [0, 0.1) is 0 Å². The lowest BCUT2D eigenvalue weighted by Gasteiger charge is -1.84. The van der Waals surface area contributed by atoms with Crippen molar-refractivity contribution in [1.29, 1.82) is 0 Å². The fourth-order valence-corrected chi connectivity index (χ4v) is 0.891. The summed E-state index contributed by atoms with van der Waals surface area (Å²) in [6.07, 6.45) is 0.816. The average molecular weight is 161 g/mol. The largest absolute Gasteiger partial charge is 0.320 e. The van der Waals surface area contributed by atoms with E-state index in [0.717, 1.165) is 18.0 Å². The molecule has 0 spiro atoms. The Morgan fingerprint density at radius 3 is 2.67 bits per heavy atom. The molecule has 9 heavy (non-hydrogen) atoms. The highest BCUT2D eigenvalue weighted by molar-refractivity contribution is 7.80. The first kappa shape index (κ1) is 6.95. The Morgan fingerprint density at radius 1 is 1.44 bits per heavy atom. The summed E-state index contributed by atoms with van der Waals surface area (Å²) in [6.45, 7) is 0. The van der Waals surface area contributed by atoms with E-state index in [1.165, 1.54) is 0 Å². The van der Waals surface area contributed by atoms with Crippen molar-refractivity contribution in [2.75, 3.05) is 5.75 Å². The second-order valence-electron chi connectivity index (χ2n) is 1.57. The molecule has 1 aromatic rings. The Balaban J connectivity index is 2.61. The Kier molecular flexibility index (Phi) is 2.41. The highest BCUT2D eigenvalue weighted by Gasteiger charge is 1.95. The standard InChI is InChI=1S/C4H7N3S2/c8-2-1-3-5-4(9)7-6-3/h8H,1-2H2,(H2,5,6,7,9). The highest BCUT2D eigenvalue weighted by atomic mass is 32.1. The van der Waals surface area contributed by atoms with Crippen LogP contribution in [0.3, 0.4) is 0 Å². The summed E-state index contributed by atoms with van der Waals surface area (Å²) in [6, 6.07) is 0. The highest BCUT2D eigenvalue weighted by Crippen LogP contribution is 1.97. The second kappa shape index (κ2) is 3.12. The van der Waals surface area contributed by atoms with E-state index in [4.69, 9.17) is 0 Å². The minimum absolute atomic E-state index is 0.562. The maximum atomic E-state index is 4.03. The van der Waals surface area contributed by atoms with E-state index in [-0.39, 0.29) is 0 Å². The van der Waals surface area contributed by atoms with Crippen LogP contribution in [0.15, 0.2) is 5.16 Å². The molecule has 0 aliphatic heterocycles. The first-order valence-electron chi connectivity index (χ1n) is 2.54. The molecule has 1 heterocycles. The summed E-state index contributed by atoms with van der Waals surface area (Å²) in [7, 11) is 0. The van der Waals surface area contributed by atoms with E-state index >= 15 is 0 Å². The number of hydrogen-bond acceptors (Lipinski definition) is 4. The van der Waals surface area contributed by atoms with Gasteiger partial charge in [0.15, 0.2) is 5.16 Å². The molecule has 50 valence electrons. The van der Waals surface area contributed by atoms with Gasteiger partial charge in [0.2, 0.25) is 0 Å². The quantitative estimate of drug-likeness (QED) is 0.555. The molecule has 1 aromatic heterocycles. The van der Waals surface area contributed by atoms with Gasteiger partial charge in [-0.15, -0.1) is 22.8 Å². The minimum atomic E-state index is 0.562. The lowest BCUT2D eigenvalue weighted by atomic mass is 10.5. The van der Waals surface area contributed by atoms with Crippen molar-refractivity contribution >= 4 is 25.3 Å². The molecule has 0 amide bonds. The molecule has 0 bridgehead atoms. The van der Waals surface area contributed by atoms with Crippen molar-refractivity contribution in [3.8, 4) is 0 Å². The lowest BCUT2D eigenvalue weighted by molar-refractivity contribution is 0.948. The van der Waals surface area contributed by atoms with E-state index < -0.39 is 0 Å². The number of aryl methyl sites for hydroxylation is 1. The van der Waals surface area contributed by atoms with Crippen LogP contribution in [0.4, 0.5) is 0 Å². The number of hydrogen-bond donors (Lipinski definition) is 3. The molecule has 0 aliphatic carbocycles. The van der Waals surface area contributed by atoms with Gasteiger partial charge in [0.1, 0.15) is 5.82 Å². The number of rotatable bonds is 2. The fraction of sp³-hybridized carbons (Fsp3) is 0.500. The van der Waals surface area contributed by atoms with E-state index in [1.807, 2.05) is 0 Å². The van der Waals surface area contributed by atoms with Crippen LogP contribution >= 0.6 is 25.3 Å². The van der Waals surface area contributed by atoms with E-state index in [9.17, 15) is 0 Å². The average Bonchev–Trinajstić information content (AvgIpc) is 2.17. The van der Waals surface area contributed by atoms with Crippen LogP contribution in [0.1, 0.15) is 5.82 Å². The molecule has 0 aromatic carbocycles. The monoisotopic (exact) mass is 161 g/mol. The summed E-state index contributed by atoms with van der Waals surface area (Å²) in [5.74, 6) is 1.62. The third-order valence-corrected chi connectivity index (χ3v) is 1.29. The second-order valence-corrected chi connectivity index (χ2v) is 2.44. The number of nitrogens with zero attached hydrogens (tertiary/aromatic N) is 2. The van der Waals surface area contributed by atoms with Crippen molar-refractivity contribution in [2.45, 2.75) is 11.6 Å². The van der Waals surface area contributed by atoms with Crippen molar-refractivity contribution in [1.82, 2.24) is 15.2 Å². The van der Waals surface area contributed by atoms with Gasteiger partial charge in [-0.1, -0.05) is 0 Å². The van der Waals surface area contributed by atoms with Gasteiger partial charge in [0, 0.05) is 6.42 Å². The summed E-state index contributed by atoms with van der Waals surface area (Å²) >= 11 is 7.97. The smallest absolute Gasteiger partial charge is 0.185 e. The summed E-state index contributed by atoms with van der Waals surface area (Å²) < 4.78 is 0. The number of nitrogens with one attached hydrogen (secondary N) is 1. The Bertz CT molecular complexity index is 186. The molecule has 0 saturated carbocycles. The van der Waals surface area contributed by atoms with Gasteiger partial charge in [-0.2, -0.15) is 12.6 Å². The SMILES string of the molecule is SCCc1nnc(S)[nH]1. The molecule has 1 rings (SSSR count). The summed E-state index contributed by atoms with van der Waals surface area (Å²) in [5, 5.41) is 8.00. The molecular formula is C4H7N3S2. The van der Waals surface area contributed by atoms with Gasteiger partial charge >= 0.3 is 0 Å². The Labute approximate surface area is 64.1 Å². The normalized spacial score (nSPS) is 10.0. The van der Waals surface area contributed by atoms with Crippen LogP contribution in [0.25, 0.3) is 0 Å². The fourth-order valence-electron chi connectivity index (χ4n) is 0.505. The minimum Gasteiger partial charge on any atom is -0.320 e. The topological polar surface area (TPSA) is 41.6 Å². The number of H-pyrrole nitrogens is 1. The van der Waals surface area contributed by atoms with Gasteiger partial charge in [0.25, 0.3) is 0 Å². The van der Waals surface area contributed by atoms with Gasteiger partial charge in [-0.25, -0.2) is 0 Å². The van der Waals surface area contributed by atoms with Crippen LogP contribution in [-0.2, 0) is 6.42 Å². The zero-order valence-electron chi connectivity index (χ0n) is 4.70.